The second-order valence-corrected chi connectivity index (χ2v) is 7.65. The number of thiophene rings is 1. The maximum Gasteiger partial charge on any atom is 0.341 e. The van der Waals surface area contributed by atoms with E-state index >= 15 is 0 Å². The molecular weight excluding hydrogens is 350 g/mol. The summed E-state index contributed by atoms with van der Waals surface area (Å²) in [4.78, 5) is 25.7. The van der Waals surface area contributed by atoms with Gasteiger partial charge in [-0.05, 0) is 62.3 Å². The number of amides is 1. The number of benzene rings is 1. The highest BCUT2D eigenvalue weighted by molar-refractivity contribution is 7.17. The first-order valence-corrected chi connectivity index (χ1v) is 9.46. The molecule has 1 aromatic heterocycles. The van der Waals surface area contributed by atoms with Crippen molar-refractivity contribution in [1.82, 2.24) is 0 Å². The fourth-order valence-electron chi connectivity index (χ4n) is 3.26. The van der Waals surface area contributed by atoms with Gasteiger partial charge in [-0.1, -0.05) is 12.1 Å². The van der Waals surface area contributed by atoms with E-state index in [4.69, 9.17) is 9.47 Å². The van der Waals surface area contributed by atoms with Crippen molar-refractivity contribution in [2.75, 3.05) is 19.0 Å². The summed E-state index contributed by atoms with van der Waals surface area (Å²) in [6.07, 6.45) is 2.83. The number of nitrogens with one attached hydrogen (secondary N) is 1. The predicted octanol–water partition coefficient (Wildman–Crippen LogP) is 3.97. The number of esters is 1. The number of carbonyl (C=O) groups excluding carboxylic acids is 2. The van der Waals surface area contributed by atoms with Crippen LogP contribution in [0, 0.1) is 20.8 Å². The van der Waals surface area contributed by atoms with Crippen LogP contribution in [0.25, 0.3) is 0 Å². The van der Waals surface area contributed by atoms with Crippen LogP contribution >= 0.6 is 11.3 Å². The minimum absolute atomic E-state index is 0.103. The van der Waals surface area contributed by atoms with Crippen LogP contribution in [-0.2, 0) is 22.4 Å². The lowest BCUT2D eigenvalue weighted by Gasteiger charge is -2.14. The summed E-state index contributed by atoms with van der Waals surface area (Å²) < 4.78 is 10.7. The molecule has 1 amide bonds. The molecule has 0 spiro atoms. The van der Waals surface area contributed by atoms with Crippen molar-refractivity contribution in [2.45, 2.75) is 40.0 Å². The van der Waals surface area contributed by atoms with Crippen LogP contribution in [0.1, 0.15) is 43.9 Å². The van der Waals surface area contributed by atoms with Crippen LogP contribution in [0.4, 0.5) is 5.00 Å². The predicted molar refractivity (Wildman–Crippen MR) is 102 cm³/mol. The van der Waals surface area contributed by atoms with Crippen molar-refractivity contribution >= 4 is 28.2 Å². The molecule has 3 rings (SSSR count). The summed E-state index contributed by atoms with van der Waals surface area (Å²) in [6, 6.07) is 4.02. The Bertz CT molecular complexity index is 869. The lowest BCUT2D eigenvalue weighted by molar-refractivity contribution is -0.118. The van der Waals surface area contributed by atoms with Gasteiger partial charge in [-0.25, -0.2) is 4.79 Å². The smallest absolute Gasteiger partial charge is 0.341 e. The Kier molecular flexibility index (Phi) is 5.32. The van der Waals surface area contributed by atoms with E-state index in [1.54, 1.807) is 0 Å². The fourth-order valence-corrected chi connectivity index (χ4v) is 4.55. The molecule has 1 aliphatic rings. The Labute approximate surface area is 157 Å². The van der Waals surface area contributed by atoms with Gasteiger partial charge in [-0.2, -0.15) is 0 Å². The average molecular weight is 373 g/mol. The molecule has 0 atom stereocenters. The molecule has 0 fully saturated rings. The molecule has 1 aliphatic carbocycles. The normalized spacial score (nSPS) is 12.6. The highest BCUT2D eigenvalue weighted by atomic mass is 32.1. The van der Waals surface area contributed by atoms with Gasteiger partial charge in [0.1, 0.15) is 10.8 Å². The van der Waals surface area contributed by atoms with Gasteiger partial charge in [-0.15, -0.1) is 11.3 Å². The van der Waals surface area contributed by atoms with E-state index in [9.17, 15) is 9.59 Å². The highest BCUT2D eigenvalue weighted by Gasteiger charge is 2.28. The first kappa shape index (κ1) is 18.5. The summed E-state index contributed by atoms with van der Waals surface area (Å²) in [7, 11) is 1.36. The summed E-state index contributed by atoms with van der Waals surface area (Å²) in [5.74, 6) is 0.0587. The zero-order valence-corrected chi connectivity index (χ0v) is 16.3. The number of rotatable bonds is 5. The zero-order chi connectivity index (χ0) is 18.8. The third kappa shape index (κ3) is 3.46. The molecule has 0 unspecified atom stereocenters. The number of aryl methyl sites for hydroxylation is 3. The summed E-state index contributed by atoms with van der Waals surface area (Å²) in [5.41, 5.74) is 4.66. The summed E-state index contributed by atoms with van der Waals surface area (Å²) in [5, 5.41) is 3.40. The largest absolute Gasteiger partial charge is 0.483 e. The van der Waals surface area contributed by atoms with E-state index in [0.29, 0.717) is 10.6 Å². The quantitative estimate of drug-likeness (QED) is 0.806. The minimum atomic E-state index is -0.397. The van der Waals surface area contributed by atoms with Crippen LogP contribution < -0.4 is 10.1 Å². The van der Waals surface area contributed by atoms with Gasteiger partial charge in [0.15, 0.2) is 6.61 Å². The fraction of sp³-hybridized carbons (Fsp3) is 0.400. The Hall–Kier alpha value is -2.34. The number of anilines is 1. The number of hydrogen-bond acceptors (Lipinski definition) is 5. The second-order valence-electron chi connectivity index (χ2n) is 6.54. The van der Waals surface area contributed by atoms with E-state index in [0.717, 1.165) is 52.1 Å². The van der Waals surface area contributed by atoms with Crippen molar-refractivity contribution in [1.29, 1.82) is 0 Å². The molecule has 0 aliphatic heterocycles. The second kappa shape index (κ2) is 7.50. The van der Waals surface area contributed by atoms with Gasteiger partial charge in [0.2, 0.25) is 0 Å². The molecule has 0 saturated carbocycles. The lowest BCUT2D eigenvalue weighted by atomic mass is 10.1. The Morgan fingerprint density at radius 3 is 2.62 bits per heavy atom. The Morgan fingerprint density at radius 1 is 1.15 bits per heavy atom. The molecular formula is C20H23NO4S. The molecule has 0 bridgehead atoms. The number of carbonyl (C=O) groups is 2. The summed E-state index contributed by atoms with van der Waals surface area (Å²) >= 11 is 1.46. The van der Waals surface area contributed by atoms with Crippen molar-refractivity contribution in [3.05, 3.63) is 44.8 Å². The van der Waals surface area contributed by atoms with Gasteiger partial charge in [0, 0.05) is 4.88 Å². The van der Waals surface area contributed by atoms with Crippen molar-refractivity contribution in [3.63, 3.8) is 0 Å². The standard InChI is InChI=1S/C20H23NO4S/c1-11-8-9-12(2)18(13(11)3)25-10-16(22)21-19-17(20(23)24-4)14-6-5-7-15(14)26-19/h8-9H,5-7,10H2,1-4H3,(H,21,22). The van der Waals surface area contributed by atoms with Gasteiger partial charge >= 0.3 is 5.97 Å². The van der Waals surface area contributed by atoms with Crippen LogP contribution in [-0.4, -0.2) is 25.6 Å². The molecule has 26 heavy (non-hydrogen) atoms. The first-order chi connectivity index (χ1) is 12.4. The zero-order valence-electron chi connectivity index (χ0n) is 15.5. The maximum absolute atomic E-state index is 12.4. The molecule has 138 valence electrons. The molecule has 1 aromatic carbocycles. The Balaban J connectivity index is 1.74. The van der Waals surface area contributed by atoms with Crippen molar-refractivity contribution in [2.24, 2.45) is 0 Å². The number of fused-ring (bicyclic) bond motifs is 1. The minimum Gasteiger partial charge on any atom is -0.483 e. The van der Waals surface area contributed by atoms with Crippen LogP contribution in [0.15, 0.2) is 12.1 Å². The van der Waals surface area contributed by atoms with E-state index in [-0.39, 0.29) is 12.5 Å². The van der Waals surface area contributed by atoms with E-state index in [1.165, 1.54) is 18.4 Å². The average Bonchev–Trinajstić information content (AvgIpc) is 3.18. The van der Waals surface area contributed by atoms with E-state index < -0.39 is 5.97 Å². The van der Waals surface area contributed by atoms with Gasteiger partial charge in [-0.3, -0.25) is 4.79 Å². The molecule has 1 N–H and O–H groups in total. The number of methoxy groups -OCH3 is 1. The third-order valence-corrected chi connectivity index (χ3v) is 5.99. The van der Waals surface area contributed by atoms with Crippen molar-refractivity contribution in [3.8, 4) is 5.75 Å². The molecule has 1 heterocycles. The lowest BCUT2D eigenvalue weighted by Crippen LogP contribution is -2.21. The molecule has 0 radical (unpaired) electrons. The molecule has 6 heteroatoms. The van der Waals surface area contributed by atoms with Crippen LogP contribution in [0.2, 0.25) is 0 Å². The van der Waals surface area contributed by atoms with Gasteiger partial charge < -0.3 is 14.8 Å². The van der Waals surface area contributed by atoms with Gasteiger partial charge in [0.05, 0.1) is 12.7 Å². The summed E-state index contributed by atoms with van der Waals surface area (Å²) in [6.45, 7) is 5.85. The number of ether oxygens (including phenoxy) is 2. The monoisotopic (exact) mass is 373 g/mol. The SMILES string of the molecule is COC(=O)c1c(NC(=O)COc2c(C)ccc(C)c2C)sc2c1CCC2. The maximum atomic E-state index is 12.4. The first-order valence-electron chi connectivity index (χ1n) is 8.64. The van der Waals surface area contributed by atoms with Crippen LogP contribution in [0.5, 0.6) is 5.75 Å². The van der Waals surface area contributed by atoms with Crippen LogP contribution in [0.3, 0.4) is 0 Å². The van der Waals surface area contributed by atoms with E-state index in [2.05, 4.69) is 5.32 Å². The van der Waals surface area contributed by atoms with Gasteiger partial charge in [0.25, 0.3) is 5.91 Å². The third-order valence-electron chi connectivity index (χ3n) is 4.78. The molecule has 5 nitrogen and oxygen atoms in total. The van der Waals surface area contributed by atoms with Crippen molar-refractivity contribution < 1.29 is 19.1 Å². The van der Waals surface area contributed by atoms with E-state index in [1.807, 2.05) is 32.9 Å². The topological polar surface area (TPSA) is 64.6 Å². The number of hydrogen-bond donors (Lipinski definition) is 1. The molecule has 0 saturated heterocycles. The molecule has 2 aromatic rings. The Morgan fingerprint density at radius 2 is 1.88 bits per heavy atom. The highest BCUT2D eigenvalue weighted by Crippen LogP contribution is 2.39.